The van der Waals surface area contributed by atoms with Gasteiger partial charge >= 0.3 is 0 Å². The Morgan fingerprint density at radius 1 is 1.73 bits per heavy atom. The molecule has 0 heterocycles. The van der Waals surface area contributed by atoms with E-state index in [4.69, 9.17) is 12.2 Å². The molecule has 64 valence electrons. The Kier molecular flexibility index (Phi) is 9.38. The number of nitrogens with two attached hydrogens (primary N) is 1. The zero-order chi connectivity index (χ0) is 7.98. The highest BCUT2D eigenvalue weighted by Gasteiger charge is 1.92. The fourth-order valence-corrected chi connectivity index (χ4v) is 0.924. The molecule has 0 atom stereocenters. The number of nitrogens with zero attached hydrogens (tertiary/aromatic N) is 1. The van der Waals surface area contributed by atoms with Crippen molar-refractivity contribution in [1.82, 2.24) is 0 Å². The minimum atomic E-state index is 0. The van der Waals surface area contributed by atoms with Crippen LogP contribution in [0.3, 0.4) is 0 Å². The molecule has 2 N–H and O–H groups in total. The van der Waals surface area contributed by atoms with Gasteiger partial charge in [0.1, 0.15) is 0 Å². The van der Waals surface area contributed by atoms with Gasteiger partial charge in [0, 0.05) is 6.04 Å². The van der Waals surface area contributed by atoms with Crippen LogP contribution in [0.5, 0.6) is 0 Å². The van der Waals surface area contributed by atoms with E-state index in [2.05, 4.69) is 10.9 Å². The Hall–Kier alpha value is -0.330. The predicted octanol–water partition coefficient (Wildman–Crippen LogP) is 1.50. The minimum absolute atomic E-state index is 0. The number of amidine groups is 1. The molecule has 0 spiro atoms. The Balaban J connectivity index is 0. The quantitative estimate of drug-likeness (QED) is 0.409. The third-order valence-corrected chi connectivity index (χ3v) is 1.40. The van der Waals surface area contributed by atoms with Gasteiger partial charge in [-0.2, -0.15) is 0 Å². The first kappa shape index (κ1) is 13.3. The zero-order valence-electron chi connectivity index (χ0n) is 6.70. The average molecular weight is 193 g/mol. The topological polar surface area (TPSA) is 38.4 Å². The molecule has 0 aromatic carbocycles. The smallest absolute Gasteiger partial charge is 0.155 e. The second-order valence-electron chi connectivity index (χ2n) is 2.05. The van der Waals surface area contributed by atoms with E-state index in [-0.39, 0.29) is 18.4 Å². The summed E-state index contributed by atoms with van der Waals surface area (Å²) in [5, 5.41) is 0.577. The number of hydrogen-bond donors (Lipinski definition) is 1. The van der Waals surface area contributed by atoms with E-state index in [1.807, 2.05) is 13.8 Å². The summed E-state index contributed by atoms with van der Waals surface area (Å²) >= 11 is 1.40. The monoisotopic (exact) mass is 192 g/mol. The molecule has 0 aromatic heterocycles. The normalized spacial score (nSPS) is 10.5. The molecule has 4 heteroatoms. The van der Waals surface area contributed by atoms with Crippen molar-refractivity contribution in [2.24, 2.45) is 10.7 Å². The van der Waals surface area contributed by atoms with Gasteiger partial charge in [-0.05, 0) is 13.8 Å². The lowest BCUT2D eigenvalue weighted by molar-refractivity contribution is 0.838. The first-order chi connectivity index (χ1) is 4.66. The van der Waals surface area contributed by atoms with Gasteiger partial charge in [0.15, 0.2) is 5.17 Å². The molecule has 2 nitrogen and oxygen atoms in total. The van der Waals surface area contributed by atoms with Gasteiger partial charge in [0.05, 0.1) is 5.75 Å². The van der Waals surface area contributed by atoms with Crippen molar-refractivity contribution in [3.05, 3.63) is 0 Å². The van der Waals surface area contributed by atoms with Gasteiger partial charge in [-0.15, -0.1) is 18.8 Å². The molecule has 0 aliphatic rings. The van der Waals surface area contributed by atoms with Gasteiger partial charge in [-0.25, -0.2) is 0 Å². The maximum atomic E-state index is 5.48. The molecule has 0 unspecified atom stereocenters. The van der Waals surface area contributed by atoms with Crippen molar-refractivity contribution in [3.8, 4) is 12.3 Å². The van der Waals surface area contributed by atoms with Gasteiger partial charge in [-0.1, -0.05) is 17.7 Å². The largest absolute Gasteiger partial charge is 0.379 e. The third-order valence-electron chi connectivity index (χ3n) is 0.689. The number of halogens is 1. The standard InChI is InChI=1S/C7H12N2S.ClH/c1-4-5-10-7(8)9-6(2)3;/h1,6H,5H2,2-3H3,(H2,8,9);1H. The molecule has 0 bridgehead atoms. The maximum absolute atomic E-state index is 5.48. The molecule has 0 aliphatic carbocycles. The number of aliphatic imine (C=N–C) groups is 1. The van der Waals surface area contributed by atoms with E-state index >= 15 is 0 Å². The Morgan fingerprint density at radius 3 is 2.64 bits per heavy atom. The molecule has 0 saturated carbocycles. The lowest BCUT2D eigenvalue weighted by Crippen LogP contribution is -2.09. The van der Waals surface area contributed by atoms with Crippen molar-refractivity contribution in [2.45, 2.75) is 19.9 Å². The van der Waals surface area contributed by atoms with Crippen molar-refractivity contribution in [1.29, 1.82) is 0 Å². The lowest BCUT2D eigenvalue weighted by Gasteiger charge is -1.98. The summed E-state index contributed by atoms with van der Waals surface area (Å²) in [6.07, 6.45) is 5.03. The van der Waals surface area contributed by atoms with Crippen LogP contribution in [0.2, 0.25) is 0 Å². The Bertz CT molecular complexity index is 160. The van der Waals surface area contributed by atoms with Crippen LogP contribution in [0.1, 0.15) is 13.8 Å². The fourth-order valence-electron chi connectivity index (χ4n) is 0.407. The molecular weight excluding hydrogens is 180 g/mol. The lowest BCUT2D eigenvalue weighted by atomic mass is 10.4. The minimum Gasteiger partial charge on any atom is -0.379 e. The van der Waals surface area contributed by atoms with Crippen LogP contribution in [-0.4, -0.2) is 17.0 Å². The average Bonchev–Trinajstić information content (AvgIpc) is 1.82. The van der Waals surface area contributed by atoms with E-state index in [0.29, 0.717) is 10.9 Å². The molecule has 0 aliphatic heterocycles. The van der Waals surface area contributed by atoms with Crippen LogP contribution in [0.25, 0.3) is 0 Å². The molecule has 0 rings (SSSR count). The Morgan fingerprint density at radius 2 is 2.27 bits per heavy atom. The highest BCUT2D eigenvalue weighted by Crippen LogP contribution is 1.99. The van der Waals surface area contributed by atoms with E-state index in [0.717, 1.165) is 0 Å². The highest BCUT2D eigenvalue weighted by atomic mass is 35.5. The molecule has 0 radical (unpaired) electrons. The summed E-state index contributed by atoms with van der Waals surface area (Å²) < 4.78 is 0. The number of terminal acetylenes is 1. The summed E-state index contributed by atoms with van der Waals surface area (Å²) in [5.41, 5.74) is 5.48. The van der Waals surface area contributed by atoms with Crippen LogP contribution in [0, 0.1) is 12.3 Å². The summed E-state index contributed by atoms with van der Waals surface area (Å²) in [6, 6.07) is 0.255. The third kappa shape index (κ3) is 9.67. The van der Waals surface area contributed by atoms with Crippen LogP contribution < -0.4 is 5.73 Å². The summed E-state index contributed by atoms with van der Waals surface area (Å²) in [7, 11) is 0. The van der Waals surface area contributed by atoms with Gasteiger partial charge in [-0.3, -0.25) is 4.99 Å². The highest BCUT2D eigenvalue weighted by molar-refractivity contribution is 8.13. The van der Waals surface area contributed by atoms with Crippen molar-refractivity contribution in [2.75, 3.05) is 5.75 Å². The maximum Gasteiger partial charge on any atom is 0.155 e. The number of thioether (sulfide) groups is 1. The van der Waals surface area contributed by atoms with E-state index in [9.17, 15) is 0 Å². The second-order valence-corrected chi connectivity index (χ2v) is 3.05. The fraction of sp³-hybridized carbons (Fsp3) is 0.571. The molecule has 0 fully saturated rings. The van der Waals surface area contributed by atoms with E-state index < -0.39 is 0 Å². The SMILES string of the molecule is C#CCSC(N)=NC(C)C.Cl. The number of hydrogen-bond acceptors (Lipinski definition) is 2. The molecule has 11 heavy (non-hydrogen) atoms. The summed E-state index contributed by atoms with van der Waals surface area (Å²) in [6.45, 7) is 3.95. The van der Waals surface area contributed by atoms with E-state index in [1.165, 1.54) is 11.8 Å². The molecular formula is C7H13ClN2S. The van der Waals surface area contributed by atoms with Crippen LogP contribution in [0.15, 0.2) is 4.99 Å². The van der Waals surface area contributed by atoms with Crippen LogP contribution >= 0.6 is 24.2 Å². The molecule has 0 aromatic rings. The predicted molar refractivity (Wildman–Crippen MR) is 55.3 cm³/mol. The van der Waals surface area contributed by atoms with Gasteiger partial charge in [0.25, 0.3) is 0 Å². The summed E-state index contributed by atoms with van der Waals surface area (Å²) in [5.74, 6) is 3.07. The first-order valence-electron chi connectivity index (χ1n) is 3.06. The van der Waals surface area contributed by atoms with Crippen molar-refractivity contribution < 1.29 is 0 Å². The zero-order valence-corrected chi connectivity index (χ0v) is 8.34. The summed E-state index contributed by atoms with van der Waals surface area (Å²) in [4.78, 5) is 4.08. The van der Waals surface area contributed by atoms with Gasteiger partial charge < -0.3 is 5.73 Å². The first-order valence-corrected chi connectivity index (χ1v) is 4.05. The second kappa shape index (κ2) is 7.77. The van der Waals surface area contributed by atoms with Crippen molar-refractivity contribution in [3.63, 3.8) is 0 Å². The van der Waals surface area contributed by atoms with Gasteiger partial charge in [0.2, 0.25) is 0 Å². The van der Waals surface area contributed by atoms with Crippen LogP contribution in [-0.2, 0) is 0 Å². The Labute approximate surface area is 78.4 Å². The molecule has 0 saturated heterocycles. The van der Waals surface area contributed by atoms with Crippen LogP contribution in [0.4, 0.5) is 0 Å². The van der Waals surface area contributed by atoms with E-state index in [1.54, 1.807) is 0 Å². The number of rotatable bonds is 2. The molecule has 0 amide bonds. The van der Waals surface area contributed by atoms with Crippen molar-refractivity contribution >= 4 is 29.3 Å².